The predicted molar refractivity (Wildman–Crippen MR) is 51.8 cm³/mol. The Labute approximate surface area is 82.6 Å². The molecule has 0 saturated heterocycles. The first-order chi connectivity index (χ1) is 5.70. The van der Waals surface area contributed by atoms with Crippen LogP contribution in [0.15, 0.2) is 41.4 Å². The molecule has 0 amide bonds. The van der Waals surface area contributed by atoms with E-state index in [1.165, 1.54) is 0 Å². The molecule has 0 saturated carbocycles. The number of halogens is 1. The molecular weight excluding hydrogens is 239 g/mol. The Kier molecular flexibility index (Phi) is 3.54. The van der Waals surface area contributed by atoms with Crippen LogP contribution in [0.1, 0.15) is 0 Å². The van der Waals surface area contributed by atoms with Crippen molar-refractivity contribution in [2.75, 3.05) is 0 Å². The summed E-state index contributed by atoms with van der Waals surface area (Å²) < 4.78 is 1.61. The second-order valence-electron chi connectivity index (χ2n) is 2.11. The van der Waals surface area contributed by atoms with Crippen LogP contribution in [-0.2, 0) is 4.79 Å². The first-order valence-electron chi connectivity index (χ1n) is 3.32. The second-order valence-corrected chi connectivity index (χ2v) is 4.91. The van der Waals surface area contributed by atoms with Crippen LogP contribution in [0, 0.1) is 0 Å². The van der Waals surface area contributed by atoms with Gasteiger partial charge in [-0.25, -0.2) is 0 Å². The molecule has 0 aromatic heterocycles. The van der Waals surface area contributed by atoms with E-state index < -0.39 is 5.24 Å². The maximum atomic E-state index is 10.6. The van der Waals surface area contributed by atoms with Gasteiger partial charge in [-0.15, -0.1) is 0 Å². The van der Waals surface area contributed by atoms with Crippen LogP contribution in [0.2, 0.25) is 0 Å². The SMILES string of the molecule is C=C([Se]c1ccccc1)C(=O)Cl. The molecule has 0 fully saturated rings. The van der Waals surface area contributed by atoms with E-state index in [4.69, 9.17) is 11.6 Å². The van der Waals surface area contributed by atoms with Crippen molar-refractivity contribution in [2.45, 2.75) is 0 Å². The van der Waals surface area contributed by atoms with Crippen LogP contribution in [-0.4, -0.2) is 20.2 Å². The normalized spacial score (nSPS) is 9.42. The molecular formula is C9H7ClOSe. The molecule has 3 heteroatoms. The van der Waals surface area contributed by atoms with Crippen molar-refractivity contribution < 1.29 is 4.79 Å². The van der Waals surface area contributed by atoms with Crippen molar-refractivity contribution in [3.8, 4) is 0 Å². The summed E-state index contributed by atoms with van der Waals surface area (Å²) >= 11 is 5.23. The molecule has 0 unspecified atom stereocenters. The minimum atomic E-state index is -0.432. The summed E-state index contributed by atoms with van der Waals surface area (Å²) in [5, 5.41) is -0.432. The monoisotopic (exact) mass is 246 g/mol. The molecule has 1 aromatic carbocycles. The number of allylic oxidation sites excluding steroid dienone is 1. The van der Waals surface area contributed by atoms with Gasteiger partial charge in [0.25, 0.3) is 0 Å². The quantitative estimate of drug-likeness (QED) is 0.446. The van der Waals surface area contributed by atoms with Gasteiger partial charge in [0, 0.05) is 0 Å². The molecule has 0 aliphatic carbocycles. The van der Waals surface area contributed by atoms with Gasteiger partial charge in [0.15, 0.2) is 0 Å². The van der Waals surface area contributed by atoms with Crippen molar-refractivity contribution >= 4 is 36.3 Å². The Bertz CT molecular complexity index is 295. The summed E-state index contributed by atoms with van der Waals surface area (Å²) in [6.07, 6.45) is 0. The van der Waals surface area contributed by atoms with E-state index in [0.717, 1.165) is 4.46 Å². The van der Waals surface area contributed by atoms with Gasteiger partial charge >= 0.3 is 82.4 Å². The molecule has 12 heavy (non-hydrogen) atoms. The van der Waals surface area contributed by atoms with Crippen LogP contribution < -0.4 is 4.46 Å². The van der Waals surface area contributed by atoms with E-state index in [9.17, 15) is 4.79 Å². The third-order valence-electron chi connectivity index (χ3n) is 1.20. The summed E-state index contributed by atoms with van der Waals surface area (Å²) in [6, 6.07) is 9.73. The minimum absolute atomic E-state index is 0.0277. The molecule has 0 N–H and O–H groups in total. The molecule has 0 spiro atoms. The maximum absolute atomic E-state index is 10.6. The molecule has 0 aliphatic heterocycles. The van der Waals surface area contributed by atoms with Crippen LogP contribution in [0.25, 0.3) is 0 Å². The molecule has 0 aliphatic rings. The molecule has 1 rings (SSSR count). The van der Waals surface area contributed by atoms with Crippen molar-refractivity contribution in [2.24, 2.45) is 0 Å². The molecule has 1 aromatic rings. The first-order valence-corrected chi connectivity index (χ1v) is 5.41. The standard InChI is InChI=1S/C9H7ClOSe/c1-7(9(10)11)12-8-5-3-2-4-6-8/h2-6H,1H2. The zero-order valence-electron chi connectivity index (χ0n) is 6.29. The first kappa shape index (κ1) is 9.53. The van der Waals surface area contributed by atoms with E-state index >= 15 is 0 Å². The number of carbonyl (C=O) groups excluding carboxylic acids is 1. The van der Waals surface area contributed by atoms with E-state index in [2.05, 4.69) is 6.58 Å². The average Bonchev–Trinajstić information content (AvgIpc) is 2.06. The van der Waals surface area contributed by atoms with Gasteiger partial charge in [0.2, 0.25) is 0 Å². The van der Waals surface area contributed by atoms with Gasteiger partial charge in [0.05, 0.1) is 0 Å². The topological polar surface area (TPSA) is 17.1 Å². The number of rotatable bonds is 3. The molecule has 0 heterocycles. The van der Waals surface area contributed by atoms with Gasteiger partial charge < -0.3 is 0 Å². The molecule has 1 nitrogen and oxygen atoms in total. The van der Waals surface area contributed by atoms with E-state index in [0.29, 0.717) is 4.47 Å². The number of hydrogen-bond donors (Lipinski definition) is 0. The molecule has 0 atom stereocenters. The Morgan fingerprint density at radius 1 is 1.33 bits per heavy atom. The van der Waals surface area contributed by atoms with Crippen molar-refractivity contribution in [3.05, 3.63) is 41.4 Å². The molecule has 0 radical (unpaired) electrons. The van der Waals surface area contributed by atoms with Crippen LogP contribution in [0.5, 0.6) is 0 Å². The zero-order chi connectivity index (χ0) is 8.97. The Hall–Kier alpha value is -0.561. The summed E-state index contributed by atoms with van der Waals surface area (Å²) in [5.74, 6) is 0. The van der Waals surface area contributed by atoms with Crippen LogP contribution in [0.3, 0.4) is 0 Å². The second kappa shape index (κ2) is 4.46. The van der Waals surface area contributed by atoms with Gasteiger partial charge in [-0.05, 0) is 0 Å². The Morgan fingerprint density at radius 3 is 2.42 bits per heavy atom. The van der Waals surface area contributed by atoms with Gasteiger partial charge in [-0.1, -0.05) is 0 Å². The van der Waals surface area contributed by atoms with Crippen LogP contribution in [0.4, 0.5) is 0 Å². The predicted octanol–water partition coefficient (Wildman–Crippen LogP) is 1.30. The van der Waals surface area contributed by atoms with Gasteiger partial charge in [-0.3, -0.25) is 0 Å². The van der Waals surface area contributed by atoms with E-state index in [-0.39, 0.29) is 15.0 Å². The number of hydrogen-bond acceptors (Lipinski definition) is 1. The fourth-order valence-corrected chi connectivity index (χ4v) is 2.25. The molecule has 62 valence electrons. The molecule has 0 bridgehead atoms. The van der Waals surface area contributed by atoms with Crippen molar-refractivity contribution in [1.29, 1.82) is 0 Å². The average molecular weight is 246 g/mol. The number of carbonyl (C=O) groups is 1. The van der Waals surface area contributed by atoms with Gasteiger partial charge in [-0.2, -0.15) is 0 Å². The third-order valence-corrected chi connectivity index (χ3v) is 3.66. The number of benzene rings is 1. The van der Waals surface area contributed by atoms with E-state index in [1.54, 1.807) is 0 Å². The van der Waals surface area contributed by atoms with Gasteiger partial charge in [0.1, 0.15) is 0 Å². The van der Waals surface area contributed by atoms with Crippen molar-refractivity contribution in [1.82, 2.24) is 0 Å². The zero-order valence-corrected chi connectivity index (χ0v) is 8.76. The summed E-state index contributed by atoms with van der Waals surface area (Å²) in [6.45, 7) is 3.60. The Balaban J connectivity index is 2.65. The Morgan fingerprint density at radius 2 is 1.92 bits per heavy atom. The fourth-order valence-electron chi connectivity index (χ4n) is 0.671. The van der Waals surface area contributed by atoms with E-state index in [1.807, 2.05) is 30.3 Å². The third kappa shape index (κ3) is 2.82. The fraction of sp³-hybridized carbons (Fsp3) is 0. The van der Waals surface area contributed by atoms with Crippen molar-refractivity contribution in [3.63, 3.8) is 0 Å². The summed E-state index contributed by atoms with van der Waals surface area (Å²) in [4.78, 5) is 10.6. The van der Waals surface area contributed by atoms with Crippen LogP contribution >= 0.6 is 11.6 Å². The summed E-state index contributed by atoms with van der Waals surface area (Å²) in [7, 11) is 0. The summed E-state index contributed by atoms with van der Waals surface area (Å²) in [5.41, 5.74) is 0.